The molecule has 3 rings (SSSR count). The summed E-state index contributed by atoms with van der Waals surface area (Å²) in [5.74, 6) is 0.831. The molecule has 0 bridgehead atoms. The number of carbonyl (C=O) groups is 1. The summed E-state index contributed by atoms with van der Waals surface area (Å²) in [7, 11) is 0. The zero-order valence-electron chi connectivity index (χ0n) is 17.8. The van der Waals surface area contributed by atoms with Crippen molar-refractivity contribution in [2.45, 2.75) is 52.0 Å². The summed E-state index contributed by atoms with van der Waals surface area (Å²) in [4.78, 5) is 21.9. The minimum absolute atomic E-state index is 0. The van der Waals surface area contributed by atoms with Gasteiger partial charge < -0.3 is 20.4 Å². The molecular formula is C22H36IN5O. The second-order valence-corrected chi connectivity index (χ2v) is 7.73. The van der Waals surface area contributed by atoms with Crippen LogP contribution in [0.3, 0.4) is 0 Å². The van der Waals surface area contributed by atoms with Crippen molar-refractivity contribution in [2.24, 2.45) is 4.99 Å². The number of guanidine groups is 1. The Balaban J connectivity index is 0.00000300. The van der Waals surface area contributed by atoms with E-state index in [0.717, 1.165) is 63.5 Å². The van der Waals surface area contributed by atoms with Gasteiger partial charge in [-0.25, -0.2) is 4.99 Å². The SMILES string of the molecule is CCCN1CCC(NC(=NCC(=O)N2CCCc3ccccc32)NCC)CC1.I. The van der Waals surface area contributed by atoms with Crippen LogP contribution in [-0.4, -0.2) is 62.1 Å². The Hall–Kier alpha value is -1.35. The lowest BCUT2D eigenvalue weighted by Crippen LogP contribution is -2.49. The molecule has 2 heterocycles. The number of anilines is 1. The fraction of sp³-hybridized carbons (Fsp3) is 0.636. The summed E-state index contributed by atoms with van der Waals surface area (Å²) in [6, 6.07) is 8.64. The Kier molecular flexibility index (Phi) is 10.2. The van der Waals surface area contributed by atoms with Crippen molar-refractivity contribution in [2.75, 3.05) is 44.2 Å². The van der Waals surface area contributed by atoms with Crippen molar-refractivity contribution < 1.29 is 4.79 Å². The largest absolute Gasteiger partial charge is 0.357 e. The quantitative estimate of drug-likeness (QED) is 0.349. The zero-order chi connectivity index (χ0) is 19.8. The highest BCUT2D eigenvalue weighted by Crippen LogP contribution is 2.26. The maximum atomic E-state index is 12.8. The van der Waals surface area contributed by atoms with Crippen LogP contribution < -0.4 is 15.5 Å². The number of rotatable bonds is 6. The van der Waals surface area contributed by atoms with Gasteiger partial charge in [0.2, 0.25) is 5.91 Å². The first-order valence-electron chi connectivity index (χ1n) is 10.9. The number of carbonyl (C=O) groups excluding carboxylic acids is 1. The number of aliphatic imine (C=N–C) groups is 1. The van der Waals surface area contributed by atoms with Gasteiger partial charge in [0.1, 0.15) is 6.54 Å². The number of hydrogen-bond donors (Lipinski definition) is 2. The predicted octanol–water partition coefficient (Wildman–Crippen LogP) is 3.01. The lowest BCUT2D eigenvalue weighted by Gasteiger charge is -2.33. The summed E-state index contributed by atoms with van der Waals surface area (Å²) in [5.41, 5.74) is 2.31. The van der Waals surface area contributed by atoms with E-state index in [1.165, 1.54) is 18.5 Å². The van der Waals surface area contributed by atoms with Crippen LogP contribution in [0.25, 0.3) is 0 Å². The molecule has 0 atom stereocenters. The second-order valence-electron chi connectivity index (χ2n) is 7.73. The molecule has 1 aromatic rings. The van der Waals surface area contributed by atoms with Gasteiger partial charge in [-0.3, -0.25) is 4.79 Å². The molecule has 1 amide bonds. The molecule has 0 aromatic heterocycles. The number of aryl methyl sites for hydroxylation is 1. The molecule has 1 fully saturated rings. The number of hydrogen-bond acceptors (Lipinski definition) is 3. The van der Waals surface area contributed by atoms with E-state index in [2.05, 4.69) is 40.4 Å². The Morgan fingerprint density at radius 2 is 1.93 bits per heavy atom. The molecule has 162 valence electrons. The van der Waals surface area contributed by atoms with Gasteiger partial charge in [0.05, 0.1) is 0 Å². The molecule has 2 aliphatic heterocycles. The first-order valence-corrected chi connectivity index (χ1v) is 10.9. The van der Waals surface area contributed by atoms with E-state index in [9.17, 15) is 4.79 Å². The smallest absolute Gasteiger partial charge is 0.248 e. The molecule has 0 saturated carbocycles. The van der Waals surface area contributed by atoms with Crippen LogP contribution in [0.4, 0.5) is 5.69 Å². The number of likely N-dealkylation sites (tertiary alicyclic amines) is 1. The fourth-order valence-electron chi connectivity index (χ4n) is 4.16. The summed E-state index contributed by atoms with van der Waals surface area (Å²) in [6.45, 7) is 9.50. The lowest BCUT2D eigenvalue weighted by molar-refractivity contribution is -0.117. The highest BCUT2D eigenvalue weighted by Gasteiger charge is 2.22. The van der Waals surface area contributed by atoms with Crippen LogP contribution in [0.2, 0.25) is 0 Å². The standard InChI is InChI=1S/C22H35N5O.HI/c1-3-13-26-15-11-19(12-16-26)25-22(23-4-2)24-17-21(28)27-14-7-9-18-8-5-6-10-20(18)27;/h5-6,8,10,19H,3-4,7,9,11-17H2,1-2H3,(H2,23,24,25);1H. The summed E-state index contributed by atoms with van der Waals surface area (Å²) in [5, 5.41) is 6.84. The van der Waals surface area contributed by atoms with Crippen molar-refractivity contribution in [1.82, 2.24) is 15.5 Å². The van der Waals surface area contributed by atoms with Crippen LogP contribution in [0.5, 0.6) is 0 Å². The van der Waals surface area contributed by atoms with Crippen molar-refractivity contribution in [3.63, 3.8) is 0 Å². The minimum atomic E-state index is 0. The topological polar surface area (TPSA) is 60.0 Å². The Morgan fingerprint density at radius 3 is 2.66 bits per heavy atom. The number of nitrogens with zero attached hydrogens (tertiary/aromatic N) is 3. The van der Waals surface area contributed by atoms with E-state index in [-0.39, 0.29) is 36.4 Å². The molecule has 0 unspecified atom stereocenters. The van der Waals surface area contributed by atoms with Gasteiger partial charge in [-0.1, -0.05) is 25.1 Å². The van der Waals surface area contributed by atoms with Gasteiger partial charge >= 0.3 is 0 Å². The van der Waals surface area contributed by atoms with Crippen molar-refractivity contribution >= 4 is 41.5 Å². The van der Waals surface area contributed by atoms with Crippen molar-refractivity contribution in [3.8, 4) is 0 Å². The van der Waals surface area contributed by atoms with Crippen molar-refractivity contribution in [3.05, 3.63) is 29.8 Å². The number of fused-ring (bicyclic) bond motifs is 1. The molecular weight excluding hydrogens is 477 g/mol. The van der Waals surface area contributed by atoms with E-state index < -0.39 is 0 Å². The van der Waals surface area contributed by atoms with Gasteiger partial charge in [-0.2, -0.15) is 0 Å². The average molecular weight is 513 g/mol. The number of halogens is 1. The van der Waals surface area contributed by atoms with Gasteiger partial charge in [-0.15, -0.1) is 24.0 Å². The highest BCUT2D eigenvalue weighted by atomic mass is 127. The zero-order valence-corrected chi connectivity index (χ0v) is 20.2. The third kappa shape index (κ3) is 6.84. The van der Waals surface area contributed by atoms with Gasteiger partial charge in [0, 0.05) is 37.9 Å². The van der Waals surface area contributed by atoms with Crippen LogP contribution in [0.15, 0.2) is 29.3 Å². The second kappa shape index (κ2) is 12.4. The maximum absolute atomic E-state index is 12.8. The fourth-order valence-corrected chi connectivity index (χ4v) is 4.16. The van der Waals surface area contributed by atoms with Crippen LogP contribution >= 0.6 is 24.0 Å². The number of para-hydroxylation sites is 1. The Morgan fingerprint density at radius 1 is 1.17 bits per heavy atom. The third-order valence-corrected chi connectivity index (χ3v) is 5.60. The molecule has 2 N–H and O–H groups in total. The molecule has 29 heavy (non-hydrogen) atoms. The number of amides is 1. The maximum Gasteiger partial charge on any atom is 0.248 e. The Labute approximate surface area is 192 Å². The number of benzene rings is 1. The average Bonchev–Trinajstić information content (AvgIpc) is 2.73. The van der Waals surface area contributed by atoms with E-state index >= 15 is 0 Å². The molecule has 1 saturated heterocycles. The summed E-state index contributed by atoms with van der Waals surface area (Å²) in [6.07, 6.45) is 5.52. The number of piperidine rings is 1. The van der Waals surface area contributed by atoms with E-state index in [0.29, 0.717) is 6.04 Å². The molecule has 6 nitrogen and oxygen atoms in total. The molecule has 1 aromatic carbocycles. The Bertz CT molecular complexity index is 673. The molecule has 2 aliphatic rings. The minimum Gasteiger partial charge on any atom is -0.357 e. The molecule has 0 aliphatic carbocycles. The monoisotopic (exact) mass is 513 g/mol. The third-order valence-electron chi connectivity index (χ3n) is 5.60. The molecule has 0 spiro atoms. The van der Waals surface area contributed by atoms with Gasteiger partial charge in [-0.05, 0) is 57.2 Å². The van der Waals surface area contributed by atoms with Crippen LogP contribution in [-0.2, 0) is 11.2 Å². The van der Waals surface area contributed by atoms with Gasteiger partial charge in [0.15, 0.2) is 5.96 Å². The summed E-state index contributed by atoms with van der Waals surface area (Å²) < 4.78 is 0. The first kappa shape index (κ1) is 23.9. The van der Waals surface area contributed by atoms with E-state index in [1.807, 2.05) is 23.1 Å². The first-order chi connectivity index (χ1) is 13.7. The normalized spacial score (nSPS) is 18.0. The summed E-state index contributed by atoms with van der Waals surface area (Å²) >= 11 is 0. The molecule has 7 heteroatoms. The van der Waals surface area contributed by atoms with Crippen molar-refractivity contribution in [1.29, 1.82) is 0 Å². The lowest BCUT2D eigenvalue weighted by atomic mass is 10.0. The van der Waals surface area contributed by atoms with E-state index in [1.54, 1.807) is 0 Å². The predicted molar refractivity (Wildman–Crippen MR) is 131 cm³/mol. The van der Waals surface area contributed by atoms with E-state index in [4.69, 9.17) is 0 Å². The number of nitrogens with one attached hydrogen (secondary N) is 2. The van der Waals surface area contributed by atoms with Crippen LogP contribution in [0, 0.1) is 0 Å². The van der Waals surface area contributed by atoms with Gasteiger partial charge in [0.25, 0.3) is 0 Å². The van der Waals surface area contributed by atoms with Crippen LogP contribution in [0.1, 0.15) is 45.1 Å². The molecule has 0 radical (unpaired) electrons. The highest BCUT2D eigenvalue weighted by molar-refractivity contribution is 14.0.